The Balaban J connectivity index is 2.29. The van der Waals surface area contributed by atoms with Crippen LogP contribution in [0.4, 0.5) is 0 Å². The molecule has 1 atom stereocenters. The van der Waals surface area contributed by atoms with E-state index in [1.807, 2.05) is 9.47 Å². The molecule has 1 aromatic rings. The second-order valence-electron chi connectivity index (χ2n) is 7.12. The molecular formula is C19H29N3O3S. The molecule has 7 heteroatoms. The first kappa shape index (κ1) is 20.7. The van der Waals surface area contributed by atoms with Crippen molar-refractivity contribution >= 4 is 9.84 Å². The van der Waals surface area contributed by atoms with Gasteiger partial charge in [0.15, 0.2) is 0 Å². The largest absolute Gasteiger partial charge is 0.377 e. The molecule has 0 aromatic carbocycles. The Morgan fingerprint density at radius 2 is 2.35 bits per heavy atom. The smallest absolute Gasteiger partial charge is 0.227 e. The van der Waals surface area contributed by atoms with Gasteiger partial charge < -0.3 is 9.30 Å². The van der Waals surface area contributed by atoms with Crippen molar-refractivity contribution in [2.75, 3.05) is 25.4 Å². The molecule has 0 radical (unpaired) electrons. The minimum atomic E-state index is -3.51. The maximum absolute atomic E-state index is 12.9. The lowest BCUT2D eigenvalue weighted by molar-refractivity contribution is 0.127. The van der Waals surface area contributed by atoms with Crippen molar-refractivity contribution < 1.29 is 13.2 Å². The average molecular weight is 380 g/mol. The standard InChI is InChI=1S/C19H29N3O3S/c1-5-9-21(10-6-2)14-17-12-20-19(22(17)13-16(3)4)26(23,24)15-18-8-7-11-25-18/h1,6,12,16,18H,2,7-11,13-15H2,3-4H3. The number of hydrogen-bond acceptors (Lipinski definition) is 5. The molecular weight excluding hydrogens is 350 g/mol. The Bertz CT molecular complexity index is 741. The fourth-order valence-electron chi connectivity index (χ4n) is 3.15. The third-order valence-electron chi connectivity index (χ3n) is 4.24. The second-order valence-corrected chi connectivity index (χ2v) is 9.04. The van der Waals surface area contributed by atoms with Gasteiger partial charge >= 0.3 is 0 Å². The molecule has 2 heterocycles. The molecule has 26 heavy (non-hydrogen) atoms. The van der Waals surface area contributed by atoms with Crippen molar-refractivity contribution in [1.82, 2.24) is 14.5 Å². The van der Waals surface area contributed by atoms with Gasteiger partial charge in [-0.25, -0.2) is 13.4 Å². The second kappa shape index (κ2) is 9.36. The third-order valence-corrected chi connectivity index (χ3v) is 5.94. The minimum Gasteiger partial charge on any atom is -0.377 e. The summed E-state index contributed by atoms with van der Waals surface area (Å²) in [4.78, 5) is 6.30. The molecule has 144 valence electrons. The van der Waals surface area contributed by atoms with E-state index in [0.29, 0.717) is 38.7 Å². The summed E-state index contributed by atoms with van der Waals surface area (Å²) in [5.74, 6) is 2.91. The SMILES string of the molecule is C#CCN(CC=C)Cc1cnc(S(=O)(=O)CC2CCCO2)n1CC(C)C. The van der Waals surface area contributed by atoms with Crippen LogP contribution in [-0.2, 0) is 27.7 Å². The summed E-state index contributed by atoms with van der Waals surface area (Å²) in [6.07, 6.45) is 10.3. The molecule has 2 rings (SSSR count). The third kappa shape index (κ3) is 5.44. The van der Waals surface area contributed by atoms with Crippen molar-refractivity contribution in [3.05, 3.63) is 24.5 Å². The Morgan fingerprint density at radius 1 is 1.58 bits per heavy atom. The van der Waals surface area contributed by atoms with E-state index in [2.05, 4.69) is 31.3 Å². The van der Waals surface area contributed by atoms with Gasteiger partial charge in [-0.3, -0.25) is 4.90 Å². The van der Waals surface area contributed by atoms with Crippen molar-refractivity contribution in [1.29, 1.82) is 0 Å². The highest BCUT2D eigenvalue weighted by atomic mass is 32.2. The van der Waals surface area contributed by atoms with Crippen molar-refractivity contribution in [3.8, 4) is 12.3 Å². The van der Waals surface area contributed by atoms with E-state index in [1.165, 1.54) is 0 Å². The van der Waals surface area contributed by atoms with E-state index < -0.39 is 9.84 Å². The van der Waals surface area contributed by atoms with E-state index >= 15 is 0 Å². The van der Waals surface area contributed by atoms with Gasteiger partial charge in [-0.15, -0.1) is 13.0 Å². The Labute approximate surface area is 157 Å². The van der Waals surface area contributed by atoms with Crippen LogP contribution in [0.25, 0.3) is 0 Å². The number of imidazole rings is 1. The molecule has 0 saturated carbocycles. The summed E-state index contributed by atoms with van der Waals surface area (Å²) >= 11 is 0. The minimum absolute atomic E-state index is 0.0116. The summed E-state index contributed by atoms with van der Waals surface area (Å²) < 4.78 is 33.2. The Kier molecular flexibility index (Phi) is 7.44. The fourth-order valence-corrected chi connectivity index (χ4v) is 4.79. The van der Waals surface area contributed by atoms with E-state index in [-0.39, 0.29) is 17.0 Å². The van der Waals surface area contributed by atoms with Gasteiger partial charge in [0.1, 0.15) is 0 Å². The predicted octanol–water partition coefficient (Wildman–Crippen LogP) is 2.11. The highest BCUT2D eigenvalue weighted by Crippen LogP contribution is 2.21. The molecule has 0 N–H and O–H groups in total. The number of ether oxygens (including phenoxy) is 1. The Morgan fingerprint density at radius 3 is 2.92 bits per heavy atom. The van der Waals surface area contributed by atoms with E-state index in [0.717, 1.165) is 18.5 Å². The number of sulfone groups is 1. The molecule has 6 nitrogen and oxygen atoms in total. The topological polar surface area (TPSA) is 64.4 Å². The van der Waals surface area contributed by atoms with Crippen molar-refractivity contribution in [3.63, 3.8) is 0 Å². The molecule has 0 spiro atoms. The first-order valence-electron chi connectivity index (χ1n) is 9.02. The zero-order valence-electron chi connectivity index (χ0n) is 15.7. The van der Waals surface area contributed by atoms with Crippen LogP contribution in [0, 0.1) is 18.3 Å². The van der Waals surface area contributed by atoms with E-state index in [9.17, 15) is 8.42 Å². The number of rotatable bonds is 10. The molecule has 1 unspecified atom stereocenters. The van der Waals surface area contributed by atoms with Crippen molar-refractivity contribution in [2.24, 2.45) is 5.92 Å². The lowest BCUT2D eigenvalue weighted by Gasteiger charge is -2.20. The van der Waals surface area contributed by atoms with Gasteiger partial charge in [0, 0.05) is 26.2 Å². The van der Waals surface area contributed by atoms with Gasteiger partial charge in [-0.05, 0) is 18.8 Å². The maximum Gasteiger partial charge on any atom is 0.227 e. The van der Waals surface area contributed by atoms with Gasteiger partial charge in [0.25, 0.3) is 0 Å². The number of terminal acetylenes is 1. The van der Waals surface area contributed by atoms with E-state index in [1.54, 1.807) is 12.3 Å². The quantitative estimate of drug-likeness (QED) is 0.460. The molecule has 1 aromatic heterocycles. The van der Waals surface area contributed by atoms with Gasteiger partial charge in [0.05, 0.1) is 30.3 Å². The zero-order valence-corrected chi connectivity index (χ0v) is 16.5. The fraction of sp³-hybridized carbons (Fsp3) is 0.632. The van der Waals surface area contributed by atoms with Crippen LogP contribution < -0.4 is 0 Å². The summed E-state index contributed by atoms with van der Waals surface area (Å²) in [7, 11) is -3.51. The molecule has 1 saturated heterocycles. The maximum atomic E-state index is 12.9. The van der Waals surface area contributed by atoms with Gasteiger partial charge in [0.2, 0.25) is 15.0 Å². The first-order valence-corrected chi connectivity index (χ1v) is 10.7. The molecule has 1 aliphatic heterocycles. The van der Waals surface area contributed by atoms with Crippen LogP contribution in [0.2, 0.25) is 0 Å². The summed E-state index contributed by atoms with van der Waals surface area (Å²) in [5, 5.41) is 0.135. The average Bonchev–Trinajstić information content (AvgIpc) is 3.18. The lowest BCUT2D eigenvalue weighted by Crippen LogP contribution is -2.27. The zero-order chi connectivity index (χ0) is 19.2. The number of aromatic nitrogens is 2. The first-order chi connectivity index (χ1) is 12.4. The van der Waals surface area contributed by atoms with Crippen LogP contribution in [-0.4, -0.2) is 54.4 Å². The van der Waals surface area contributed by atoms with Crippen LogP contribution in [0.3, 0.4) is 0 Å². The lowest BCUT2D eigenvalue weighted by atomic mass is 10.2. The molecule has 0 bridgehead atoms. The predicted molar refractivity (Wildman–Crippen MR) is 102 cm³/mol. The molecule has 1 aliphatic rings. The summed E-state index contributed by atoms with van der Waals surface area (Å²) in [6.45, 7) is 10.7. The van der Waals surface area contributed by atoms with E-state index in [4.69, 9.17) is 11.2 Å². The highest BCUT2D eigenvalue weighted by Gasteiger charge is 2.29. The molecule has 0 aliphatic carbocycles. The normalized spacial score (nSPS) is 17.7. The number of nitrogens with zero attached hydrogens (tertiary/aromatic N) is 3. The summed E-state index contributed by atoms with van der Waals surface area (Å²) in [6, 6.07) is 0. The Hall–Kier alpha value is -1.62. The number of hydrogen-bond donors (Lipinski definition) is 0. The van der Waals surface area contributed by atoms with Crippen LogP contribution >= 0.6 is 0 Å². The summed E-state index contributed by atoms with van der Waals surface area (Å²) in [5.41, 5.74) is 0.849. The molecule has 1 fully saturated rings. The van der Waals surface area contributed by atoms with Gasteiger partial charge in [-0.2, -0.15) is 0 Å². The van der Waals surface area contributed by atoms with Crippen molar-refractivity contribution in [2.45, 2.75) is 51.0 Å². The highest BCUT2D eigenvalue weighted by molar-refractivity contribution is 7.91. The van der Waals surface area contributed by atoms with Crippen LogP contribution in [0.5, 0.6) is 0 Å². The monoisotopic (exact) mass is 379 g/mol. The van der Waals surface area contributed by atoms with Crippen LogP contribution in [0.15, 0.2) is 24.0 Å². The van der Waals surface area contributed by atoms with Gasteiger partial charge in [-0.1, -0.05) is 25.8 Å². The molecule has 0 amide bonds. The van der Waals surface area contributed by atoms with Crippen LogP contribution in [0.1, 0.15) is 32.4 Å².